The number of rotatable bonds is 4. The zero-order chi connectivity index (χ0) is 22.1. The molecule has 1 aliphatic heterocycles. The van der Waals surface area contributed by atoms with Crippen LogP contribution >= 0.6 is 0 Å². The van der Waals surface area contributed by atoms with Gasteiger partial charge in [0.1, 0.15) is 11.6 Å². The van der Waals surface area contributed by atoms with Crippen LogP contribution in [0.25, 0.3) is 5.95 Å². The quantitative estimate of drug-likeness (QED) is 0.647. The van der Waals surface area contributed by atoms with E-state index >= 15 is 0 Å². The monoisotopic (exact) mass is 422 g/mol. The predicted octanol–water partition coefficient (Wildman–Crippen LogP) is 2.99. The van der Waals surface area contributed by atoms with Gasteiger partial charge in [-0.1, -0.05) is 12.1 Å². The van der Waals surface area contributed by atoms with Crippen molar-refractivity contribution in [1.29, 1.82) is 0 Å². The van der Waals surface area contributed by atoms with E-state index in [9.17, 15) is 9.18 Å². The Bertz CT molecular complexity index is 1120. The van der Waals surface area contributed by atoms with Crippen LogP contribution in [0.15, 0.2) is 30.3 Å². The van der Waals surface area contributed by atoms with Crippen LogP contribution < -0.4 is 4.90 Å². The highest BCUT2D eigenvalue weighted by Gasteiger charge is 2.21. The van der Waals surface area contributed by atoms with Crippen molar-refractivity contribution in [2.75, 3.05) is 31.1 Å². The highest BCUT2D eigenvalue weighted by Crippen LogP contribution is 2.21. The standard InChI is InChI=1S/C23H27FN6O/c1-15-5-6-19(13-21(15)24)12-20-14-22(29-9-7-28(8-10-29)18(4)31)26-23(25-20)30-17(3)11-16(2)27-30/h5-6,11,13-14H,7-10,12H2,1-4H3. The first-order valence-electron chi connectivity index (χ1n) is 10.5. The molecule has 0 aliphatic carbocycles. The van der Waals surface area contributed by atoms with Gasteiger partial charge in [-0.25, -0.2) is 14.1 Å². The molecule has 1 fully saturated rings. The van der Waals surface area contributed by atoms with E-state index in [0.717, 1.165) is 28.5 Å². The summed E-state index contributed by atoms with van der Waals surface area (Å²) in [7, 11) is 0. The van der Waals surface area contributed by atoms with Crippen LogP contribution in [0.2, 0.25) is 0 Å². The first-order valence-corrected chi connectivity index (χ1v) is 10.5. The maximum Gasteiger partial charge on any atom is 0.252 e. The summed E-state index contributed by atoms with van der Waals surface area (Å²) in [6.45, 7) is 9.97. The van der Waals surface area contributed by atoms with Crippen LogP contribution in [0, 0.1) is 26.6 Å². The molecule has 0 radical (unpaired) electrons. The summed E-state index contributed by atoms with van der Waals surface area (Å²) in [6.07, 6.45) is 0.492. The lowest BCUT2D eigenvalue weighted by atomic mass is 10.1. The predicted molar refractivity (Wildman–Crippen MR) is 117 cm³/mol. The number of nitrogens with zero attached hydrogens (tertiary/aromatic N) is 6. The van der Waals surface area contributed by atoms with Crippen molar-refractivity contribution < 1.29 is 9.18 Å². The van der Waals surface area contributed by atoms with Gasteiger partial charge < -0.3 is 9.80 Å². The summed E-state index contributed by atoms with van der Waals surface area (Å²) in [4.78, 5) is 25.2. The van der Waals surface area contributed by atoms with E-state index in [1.807, 2.05) is 36.9 Å². The molecule has 1 amide bonds. The van der Waals surface area contributed by atoms with Gasteiger partial charge in [-0.05, 0) is 44.0 Å². The number of piperazine rings is 1. The molecule has 0 spiro atoms. The molecular weight excluding hydrogens is 395 g/mol. The second kappa shape index (κ2) is 8.45. The van der Waals surface area contributed by atoms with Crippen LogP contribution in [0.3, 0.4) is 0 Å². The first kappa shape index (κ1) is 21.0. The maximum atomic E-state index is 14.1. The third-order valence-electron chi connectivity index (χ3n) is 5.62. The summed E-state index contributed by atoms with van der Waals surface area (Å²) in [5.74, 6) is 1.17. The van der Waals surface area contributed by atoms with Gasteiger partial charge >= 0.3 is 0 Å². The molecule has 7 nitrogen and oxygen atoms in total. The Morgan fingerprint density at radius 3 is 2.39 bits per heavy atom. The highest BCUT2D eigenvalue weighted by atomic mass is 19.1. The normalized spacial score (nSPS) is 14.2. The maximum absolute atomic E-state index is 14.1. The van der Waals surface area contributed by atoms with Crippen LogP contribution in [0.1, 0.15) is 35.1 Å². The topological polar surface area (TPSA) is 67.2 Å². The van der Waals surface area contributed by atoms with Crippen molar-refractivity contribution in [2.24, 2.45) is 0 Å². The van der Waals surface area contributed by atoms with Crippen LogP contribution in [-0.2, 0) is 11.2 Å². The molecule has 1 aromatic carbocycles. The number of aryl methyl sites for hydroxylation is 3. The molecule has 0 atom stereocenters. The van der Waals surface area contributed by atoms with Crippen LogP contribution in [0.4, 0.5) is 10.2 Å². The molecule has 2 aromatic heterocycles. The smallest absolute Gasteiger partial charge is 0.252 e. The lowest BCUT2D eigenvalue weighted by Gasteiger charge is -2.35. The third kappa shape index (κ3) is 4.57. The molecule has 0 bridgehead atoms. The molecular formula is C23H27FN6O. The number of halogens is 1. The fourth-order valence-corrected chi connectivity index (χ4v) is 3.85. The van der Waals surface area contributed by atoms with Gasteiger partial charge in [-0.2, -0.15) is 10.1 Å². The first-order chi connectivity index (χ1) is 14.8. The number of amides is 1. The molecule has 0 unspecified atom stereocenters. The lowest BCUT2D eigenvalue weighted by Crippen LogP contribution is -2.48. The Labute approximate surface area is 181 Å². The average Bonchev–Trinajstić information content (AvgIpc) is 3.08. The number of hydrogen-bond acceptors (Lipinski definition) is 5. The van der Waals surface area contributed by atoms with Crippen molar-refractivity contribution in [3.8, 4) is 5.95 Å². The molecule has 1 saturated heterocycles. The molecule has 31 heavy (non-hydrogen) atoms. The van der Waals surface area contributed by atoms with Crippen molar-refractivity contribution in [3.05, 3.63) is 64.4 Å². The lowest BCUT2D eigenvalue weighted by molar-refractivity contribution is -0.129. The molecule has 8 heteroatoms. The van der Waals surface area contributed by atoms with Crippen LogP contribution in [0.5, 0.6) is 0 Å². The molecule has 4 rings (SSSR count). The highest BCUT2D eigenvalue weighted by molar-refractivity contribution is 5.73. The Kier molecular flexibility index (Phi) is 5.71. The zero-order valence-corrected chi connectivity index (χ0v) is 18.4. The summed E-state index contributed by atoms with van der Waals surface area (Å²) >= 11 is 0. The fraction of sp³-hybridized carbons (Fsp3) is 0.391. The third-order valence-corrected chi connectivity index (χ3v) is 5.62. The molecule has 0 N–H and O–H groups in total. The van der Waals surface area contributed by atoms with Gasteiger partial charge in [0.05, 0.1) is 11.4 Å². The second-order valence-corrected chi connectivity index (χ2v) is 8.11. The minimum atomic E-state index is -0.217. The van der Waals surface area contributed by atoms with Gasteiger partial charge in [0.15, 0.2) is 0 Å². The zero-order valence-electron chi connectivity index (χ0n) is 18.4. The number of carbonyl (C=O) groups excluding carboxylic acids is 1. The number of aromatic nitrogens is 4. The molecule has 1 aliphatic rings. The molecule has 3 aromatic rings. The minimum absolute atomic E-state index is 0.0905. The summed E-state index contributed by atoms with van der Waals surface area (Å²) in [5, 5.41) is 4.54. The van der Waals surface area contributed by atoms with Gasteiger partial charge in [0, 0.05) is 51.3 Å². The summed E-state index contributed by atoms with van der Waals surface area (Å²) in [6, 6.07) is 9.21. The largest absolute Gasteiger partial charge is 0.353 e. The Morgan fingerprint density at radius 2 is 1.77 bits per heavy atom. The summed E-state index contributed by atoms with van der Waals surface area (Å²) in [5.41, 5.74) is 4.11. The minimum Gasteiger partial charge on any atom is -0.353 e. The molecule has 162 valence electrons. The van der Waals surface area contributed by atoms with Crippen molar-refractivity contribution in [1.82, 2.24) is 24.6 Å². The van der Waals surface area contributed by atoms with Gasteiger partial charge in [-0.15, -0.1) is 0 Å². The Hall–Kier alpha value is -3.29. The van der Waals surface area contributed by atoms with Gasteiger partial charge in [-0.3, -0.25) is 4.79 Å². The van der Waals surface area contributed by atoms with Gasteiger partial charge in [0.25, 0.3) is 5.95 Å². The van der Waals surface area contributed by atoms with Crippen LogP contribution in [-0.4, -0.2) is 56.7 Å². The second-order valence-electron chi connectivity index (χ2n) is 8.11. The van der Waals surface area contributed by atoms with Crippen molar-refractivity contribution in [2.45, 2.75) is 34.1 Å². The Morgan fingerprint density at radius 1 is 1.03 bits per heavy atom. The van der Waals surface area contributed by atoms with Crippen molar-refractivity contribution >= 4 is 11.7 Å². The van der Waals surface area contributed by atoms with E-state index in [0.29, 0.717) is 44.1 Å². The number of hydrogen-bond donors (Lipinski definition) is 0. The molecule has 3 heterocycles. The van der Waals surface area contributed by atoms with Gasteiger partial charge in [0.2, 0.25) is 5.91 Å². The van der Waals surface area contributed by atoms with E-state index in [1.165, 1.54) is 0 Å². The summed E-state index contributed by atoms with van der Waals surface area (Å²) < 4.78 is 15.8. The number of carbonyl (C=O) groups is 1. The van der Waals surface area contributed by atoms with E-state index < -0.39 is 0 Å². The average molecular weight is 423 g/mol. The Balaban J connectivity index is 1.69. The van der Waals surface area contributed by atoms with E-state index in [4.69, 9.17) is 9.97 Å². The van der Waals surface area contributed by atoms with E-state index in [2.05, 4.69) is 10.00 Å². The van der Waals surface area contributed by atoms with Crippen molar-refractivity contribution in [3.63, 3.8) is 0 Å². The van der Waals surface area contributed by atoms with E-state index in [1.54, 1.807) is 30.7 Å². The van der Waals surface area contributed by atoms with E-state index in [-0.39, 0.29) is 11.7 Å². The molecule has 0 saturated carbocycles. The number of benzene rings is 1. The SMILES string of the molecule is CC(=O)N1CCN(c2cc(Cc3ccc(C)c(F)c3)nc(-n3nc(C)cc3C)n2)CC1. The number of anilines is 1. The fourth-order valence-electron chi connectivity index (χ4n) is 3.85.